The fourth-order valence-electron chi connectivity index (χ4n) is 0.381. The molecule has 0 aromatic heterocycles. The monoisotopic (exact) mass is 162 g/mol. The average Bonchev–Trinajstić information content (AvgIpc) is 1.89. The van der Waals surface area contributed by atoms with Gasteiger partial charge < -0.3 is 0 Å². The summed E-state index contributed by atoms with van der Waals surface area (Å²) in [6, 6.07) is 0. The molecule has 10 heavy (non-hydrogen) atoms. The van der Waals surface area contributed by atoms with Gasteiger partial charge in [0.15, 0.2) is 0 Å². The SMILES string of the molecule is C=CC=C(C)S(=O)(=O)OC. The van der Waals surface area contributed by atoms with Crippen molar-refractivity contribution in [3.63, 3.8) is 0 Å². The highest BCUT2D eigenvalue weighted by Gasteiger charge is 2.09. The van der Waals surface area contributed by atoms with Crippen LogP contribution in [0.1, 0.15) is 6.92 Å². The molecule has 0 aliphatic heterocycles. The van der Waals surface area contributed by atoms with E-state index in [4.69, 9.17) is 0 Å². The van der Waals surface area contributed by atoms with Crippen molar-refractivity contribution >= 4 is 10.1 Å². The summed E-state index contributed by atoms with van der Waals surface area (Å²) in [5.41, 5.74) is 0. The zero-order chi connectivity index (χ0) is 8.20. The molecule has 0 fully saturated rings. The lowest BCUT2D eigenvalue weighted by molar-refractivity contribution is 0.404. The fourth-order valence-corrected chi connectivity index (χ4v) is 0.907. The molecule has 0 amide bonds. The van der Waals surface area contributed by atoms with Crippen LogP contribution in [0.15, 0.2) is 23.6 Å². The van der Waals surface area contributed by atoms with Crippen LogP contribution in [-0.4, -0.2) is 15.5 Å². The van der Waals surface area contributed by atoms with Crippen molar-refractivity contribution in [2.45, 2.75) is 6.92 Å². The van der Waals surface area contributed by atoms with Crippen LogP contribution in [0.4, 0.5) is 0 Å². The van der Waals surface area contributed by atoms with Gasteiger partial charge in [0.1, 0.15) is 0 Å². The third-order valence-electron chi connectivity index (χ3n) is 0.966. The van der Waals surface area contributed by atoms with E-state index in [1.165, 1.54) is 19.1 Å². The van der Waals surface area contributed by atoms with Crippen LogP contribution in [0.25, 0.3) is 0 Å². The molecule has 58 valence electrons. The summed E-state index contributed by atoms with van der Waals surface area (Å²) in [6.07, 6.45) is 2.77. The van der Waals surface area contributed by atoms with Crippen LogP contribution in [-0.2, 0) is 14.3 Å². The number of hydrogen-bond donors (Lipinski definition) is 0. The van der Waals surface area contributed by atoms with Crippen molar-refractivity contribution < 1.29 is 12.6 Å². The molecule has 0 spiro atoms. The smallest absolute Gasteiger partial charge is 0.270 e. The van der Waals surface area contributed by atoms with Crippen molar-refractivity contribution in [2.75, 3.05) is 7.11 Å². The van der Waals surface area contributed by atoms with Gasteiger partial charge in [-0.15, -0.1) is 0 Å². The van der Waals surface area contributed by atoms with E-state index in [9.17, 15) is 8.42 Å². The molecule has 0 saturated carbocycles. The Bertz CT molecular complexity index is 236. The van der Waals surface area contributed by atoms with E-state index in [-0.39, 0.29) is 4.91 Å². The molecule has 0 aromatic rings. The van der Waals surface area contributed by atoms with E-state index in [1.807, 2.05) is 0 Å². The second-order valence-electron chi connectivity index (χ2n) is 1.63. The second-order valence-corrected chi connectivity index (χ2v) is 3.52. The Kier molecular flexibility index (Phi) is 3.32. The number of hydrogen-bond acceptors (Lipinski definition) is 3. The largest absolute Gasteiger partial charge is 0.292 e. The molecule has 0 aliphatic carbocycles. The van der Waals surface area contributed by atoms with E-state index >= 15 is 0 Å². The topological polar surface area (TPSA) is 43.4 Å². The van der Waals surface area contributed by atoms with Crippen molar-refractivity contribution in [1.29, 1.82) is 0 Å². The Hall–Kier alpha value is -0.610. The Morgan fingerprint density at radius 3 is 2.40 bits per heavy atom. The maximum atomic E-state index is 10.8. The van der Waals surface area contributed by atoms with Gasteiger partial charge in [-0.25, -0.2) is 0 Å². The van der Waals surface area contributed by atoms with Crippen LogP contribution < -0.4 is 0 Å². The standard InChI is InChI=1S/C6H10O3S/c1-4-5-6(2)10(7,8)9-3/h4-5H,1H2,2-3H3. The molecule has 0 saturated heterocycles. The van der Waals surface area contributed by atoms with Crippen LogP contribution in [0.3, 0.4) is 0 Å². The number of allylic oxidation sites excluding steroid dienone is 3. The predicted molar refractivity (Wildman–Crippen MR) is 39.9 cm³/mol. The minimum atomic E-state index is -3.47. The molecular formula is C6H10O3S. The molecule has 3 nitrogen and oxygen atoms in total. The molecule has 0 rings (SSSR count). The minimum Gasteiger partial charge on any atom is -0.270 e. The average molecular weight is 162 g/mol. The summed E-state index contributed by atoms with van der Waals surface area (Å²) < 4.78 is 25.7. The first-order valence-corrected chi connectivity index (χ1v) is 4.05. The van der Waals surface area contributed by atoms with Gasteiger partial charge in [-0.3, -0.25) is 4.18 Å². The van der Waals surface area contributed by atoms with Crippen molar-refractivity contribution in [3.8, 4) is 0 Å². The van der Waals surface area contributed by atoms with Crippen molar-refractivity contribution in [1.82, 2.24) is 0 Å². The van der Waals surface area contributed by atoms with E-state index in [1.54, 1.807) is 0 Å². The third kappa shape index (κ3) is 2.33. The normalized spacial score (nSPS) is 13.2. The van der Waals surface area contributed by atoms with Gasteiger partial charge in [-0.1, -0.05) is 12.7 Å². The zero-order valence-corrected chi connectivity index (χ0v) is 6.81. The van der Waals surface area contributed by atoms with Gasteiger partial charge in [-0.2, -0.15) is 8.42 Å². The van der Waals surface area contributed by atoms with Crippen LogP contribution in [0, 0.1) is 0 Å². The molecule has 0 aliphatic rings. The van der Waals surface area contributed by atoms with Crippen LogP contribution in [0.2, 0.25) is 0 Å². The molecule has 4 heteroatoms. The number of rotatable bonds is 3. The Morgan fingerprint density at radius 1 is 1.60 bits per heavy atom. The first-order chi connectivity index (χ1) is 4.54. The van der Waals surface area contributed by atoms with Gasteiger partial charge in [-0.05, 0) is 13.0 Å². The van der Waals surface area contributed by atoms with Crippen LogP contribution >= 0.6 is 0 Å². The van der Waals surface area contributed by atoms with E-state index in [2.05, 4.69) is 10.8 Å². The molecule has 0 radical (unpaired) electrons. The highest BCUT2D eigenvalue weighted by Crippen LogP contribution is 2.05. The summed E-state index contributed by atoms with van der Waals surface area (Å²) in [7, 11) is -2.35. The summed E-state index contributed by atoms with van der Waals surface area (Å²) in [5.74, 6) is 0. The van der Waals surface area contributed by atoms with Crippen molar-refractivity contribution in [3.05, 3.63) is 23.6 Å². The highest BCUT2D eigenvalue weighted by atomic mass is 32.2. The molecule has 0 unspecified atom stereocenters. The Morgan fingerprint density at radius 2 is 2.10 bits per heavy atom. The van der Waals surface area contributed by atoms with E-state index < -0.39 is 10.1 Å². The lowest BCUT2D eigenvalue weighted by atomic mass is 10.5. The predicted octanol–water partition coefficient (Wildman–Crippen LogP) is 1.05. The van der Waals surface area contributed by atoms with E-state index in [0.29, 0.717) is 0 Å². The van der Waals surface area contributed by atoms with Gasteiger partial charge in [0.05, 0.1) is 12.0 Å². The minimum absolute atomic E-state index is 0.157. The van der Waals surface area contributed by atoms with Crippen LogP contribution in [0.5, 0.6) is 0 Å². The lowest BCUT2D eigenvalue weighted by Crippen LogP contribution is -2.02. The molecule has 0 N–H and O–H groups in total. The Labute approximate surface area is 61.1 Å². The molecule has 0 heterocycles. The van der Waals surface area contributed by atoms with Gasteiger partial charge in [0.2, 0.25) is 0 Å². The molecule has 0 bridgehead atoms. The Balaban J connectivity index is 4.67. The summed E-state index contributed by atoms with van der Waals surface area (Å²) in [6.45, 7) is 4.80. The summed E-state index contributed by atoms with van der Waals surface area (Å²) >= 11 is 0. The first-order valence-electron chi connectivity index (χ1n) is 2.64. The highest BCUT2D eigenvalue weighted by molar-refractivity contribution is 7.90. The van der Waals surface area contributed by atoms with Gasteiger partial charge in [0, 0.05) is 0 Å². The maximum Gasteiger partial charge on any atom is 0.292 e. The maximum absolute atomic E-state index is 10.8. The molecule has 0 atom stereocenters. The van der Waals surface area contributed by atoms with E-state index in [0.717, 1.165) is 7.11 Å². The molecular weight excluding hydrogens is 152 g/mol. The zero-order valence-electron chi connectivity index (χ0n) is 5.99. The quantitative estimate of drug-likeness (QED) is 0.460. The fraction of sp³-hybridized carbons (Fsp3) is 0.333. The second kappa shape index (κ2) is 3.53. The van der Waals surface area contributed by atoms with Gasteiger partial charge >= 0.3 is 0 Å². The summed E-state index contributed by atoms with van der Waals surface area (Å²) in [4.78, 5) is 0.157. The summed E-state index contributed by atoms with van der Waals surface area (Å²) in [5, 5.41) is 0. The lowest BCUT2D eigenvalue weighted by Gasteiger charge is -1.97. The first kappa shape index (κ1) is 9.39. The van der Waals surface area contributed by atoms with Crippen molar-refractivity contribution in [2.24, 2.45) is 0 Å². The van der Waals surface area contributed by atoms with Gasteiger partial charge in [0.25, 0.3) is 10.1 Å². The molecule has 0 aromatic carbocycles. The third-order valence-corrected chi connectivity index (χ3v) is 2.33.